The molecule has 1 rings (SSSR count). The fraction of sp³-hybridized carbons (Fsp3) is 0.538. The fourth-order valence-electron chi connectivity index (χ4n) is 1.95. The molecule has 0 heterocycles. The third kappa shape index (κ3) is 3.61. The minimum atomic E-state index is -0.385. The average Bonchev–Trinajstić information content (AvgIpc) is 2.27. The first kappa shape index (κ1) is 14.3. The highest BCUT2D eigenvalue weighted by Gasteiger charge is 2.22. The Morgan fingerprint density at radius 3 is 2.61 bits per heavy atom. The van der Waals surface area contributed by atoms with Crippen LogP contribution in [0.4, 0.5) is 11.4 Å². The van der Waals surface area contributed by atoms with Gasteiger partial charge in [0.1, 0.15) is 11.4 Å². The second-order valence-electron chi connectivity index (χ2n) is 4.90. The molecule has 0 saturated carbocycles. The van der Waals surface area contributed by atoms with Gasteiger partial charge in [-0.2, -0.15) is 0 Å². The molecule has 0 unspecified atom stereocenters. The monoisotopic (exact) mass is 252 g/mol. The highest BCUT2D eigenvalue weighted by molar-refractivity contribution is 5.65. The highest BCUT2D eigenvalue weighted by atomic mass is 16.6. The average molecular weight is 252 g/mol. The fourth-order valence-corrected chi connectivity index (χ4v) is 1.95. The quantitative estimate of drug-likeness (QED) is 0.620. The molecule has 0 aromatic heterocycles. The summed E-state index contributed by atoms with van der Waals surface area (Å²) in [7, 11) is 1.54. The summed E-state index contributed by atoms with van der Waals surface area (Å²) in [5, 5.41) is 14.2. The Morgan fingerprint density at radius 1 is 1.44 bits per heavy atom. The highest BCUT2D eigenvalue weighted by Crippen LogP contribution is 2.32. The van der Waals surface area contributed by atoms with Crippen molar-refractivity contribution in [1.29, 1.82) is 0 Å². The number of nitro groups is 1. The van der Waals surface area contributed by atoms with Gasteiger partial charge in [-0.15, -0.1) is 0 Å². The number of nitrogens with one attached hydrogen (secondary N) is 1. The van der Waals surface area contributed by atoms with E-state index in [1.54, 1.807) is 19.2 Å². The first-order valence-corrected chi connectivity index (χ1v) is 6.00. The van der Waals surface area contributed by atoms with Crippen LogP contribution >= 0.6 is 0 Å². The van der Waals surface area contributed by atoms with Crippen molar-refractivity contribution in [3.05, 3.63) is 28.3 Å². The summed E-state index contributed by atoms with van der Waals surface area (Å²) >= 11 is 0. The van der Waals surface area contributed by atoms with Gasteiger partial charge in [0.2, 0.25) is 0 Å². The van der Waals surface area contributed by atoms with Crippen LogP contribution in [0.3, 0.4) is 0 Å². The summed E-state index contributed by atoms with van der Waals surface area (Å²) in [5.74, 6) is 0.607. The van der Waals surface area contributed by atoms with Crippen LogP contribution in [-0.2, 0) is 0 Å². The molecule has 1 aromatic carbocycles. The maximum absolute atomic E-state index is 11.0. The van der Waals surface area contributed by atoms with Crippen LogP contribution in [0.15, 0.2) is 18.2 Å². The van der Waals surface area contributed by atoms with E-state index in [1.165, 1.54) is 6.07 Å². The lowest BCUT2D eigenvalue weighted by Crippen LogP contribution is -2.30. The maximum atomic E-state index is 11.0. The minimum absolute atomic E-state index is 0.0694. The Kier molecular flexibility index (Phi) is 4.53. The summed E-state index contributed by atoms with van der Waals surface area (Å²) in [6.07, 6.45) is 1.94. The third-order valence-electron chi connectivity index (χ3n) is 2.75. The number of anilines is 1. The van der Waals surface area contributed by atoms with E-state index < -0.39 is 0 Å². The van der Waals surface area contributed by atoms with Crippen LogP contribution in [0, 0.1) is 10.1 Å². The molecule has 0 bridgehead atoms. The number of nitrogens with zero attached hydrogens (tertiary/aromatic N) is 1. The summed E-state index contributed by atoms with van der Waals surface area (Å²) < 4.78 is 5.10. The number of benzene rings is 1. The van der Waals surface area contributed by atoms with E-state index in [4.69, 9.17) is 4.74 Å². The Hall–Kier alpha value is -1.78. The molecule has 0 fully saturated rings. The predicted octanol–water partition coefficient (Wildman–Crippen LogP) is 3.59. The molecule has 18 heavy (non-hydrogen) atoms. The largest absolute Gasteiger partial charge is 0.497 e. The van der Waals surface area contributed by atoms with Gasteiger partial charge < -0.3 is 10.1 Å². The van der Waals surface area contributed by atoms with Gasteiger partial charge in [-0.1, -0.05) is 13.3 Å². The standard InChI is InChI=1S/C13H20N2O3/c1-5-8-13(2,3)14-11-9-10(18-4)6-7-12(11)15(16)17/h6-7,9,14H,5,8H2,1-4H3. The van der Waals surface area contributed by atoms with Gasteiger partial charge in [-0.25, -0.2) is 0 Å². The Balaban J connectivity index is 3.08. The van der Waals surface area contributed by atoms with Crippen molar-refractivity contribution in [3.8, 4) is 5.75 Å². The van der Waals surface area contributed by atoms with Gasteiger partial charge >= 0.3 is 0 Å². The zero-order valence-corrected chi connectivity index (χ0v) is 11.3. The molecular weight excluding hydrogens is 232 g/mol. The predicted molar refractivity (Wildman–Crippen MR) is 72.3 cm³/mol. The van der Waals surface area contributed by atoms with E-state index in [1.807, 2.05) is 13.8 Å². The molecule has 0 radical (unpaired) electrons. The zero-order valence-electron chi connectivity index (χ0n) is 11.3. The molecule has 1 aromatic rings. The van der Waals surface area contributed by atoms with Crippen LogP contribution in [0.2, 0.25) is 0 Å². The second kappa shape index (κ2) is 5.71. The van der Waals surface area contributed by atoms with Crippen molar-refractivity contribution in [3.63, 3.8) is 0 Å². The third-order valence-corrected chi connectivity index (χ3v) is 2.75. The lowest BCUT2D eigenvalue weighted by molar-refractivity contribution is -0.384. The lowest BCUT2D eigenvalue weighted by atomic mass is 9.98. The number of nitro benzene ring substituents is 1. The Bertz CT molecular complexity index is 430. The molecular formula is C13H20N2O3. The molecule has 0 spiro atoms. The van der Waals surface area contributed by atoms with E-state index in [9.17, 15) is 10.1 Å². The molecule has 1 N–H and O–H groups in total. The summed E-state index contributed by atoms with van der Waals surface area (Å²) in [5.41, 5.74) is 0.379. The molecule has 0 aliphatic carbocycles. The molecule has 0 aliphatic heterocycles. The van der Waals surface area contributed by atoms with Gasteiger partial charge in [0.05, 0.1) is 12.0 Å². The van der Waals surface area contributed by atoms with Crippen LogP contribution in [0.1, 0.15) is 33.6 Å². The molecule has 5 heteroatoms. The van der Waals surface area contributed by atoms with Gasteiger partial charge in [0.15, 0.2) is 0 Å². The molecule has 0 aliphatic rings. The first-order chi connectivity index (χ1) is 8.39. The Morgan fingerprint density at radius 2 is 2.11 bits per heavy atom. The maximum Gasteiger partial charge on any atom is 0.292 e. The van der Waals surface area contributed by atoms with E-state index in [0.29, 0.717) is 11.4 Å². The summed E-state index contributed by atoms with van der Waals surface area (Å²) in [6.45, 7) is 6.14. The van der Waals surface area contributed by atoms with E-state index in [2.05, 4.69) is 12.2 Å². The SMILES string of the molecule is CCCC(C)(C)Nc1cc(OC)ccc1[N+](=O)[O-]. The van der Waals surface area contributed by atoms with Crippen molar-refractivity contribution >= 4 is 11.4 Å². The molecule has 0 saturated heterocycles. The van der Waals surface area contributed by atoms with Crippen molar-refractivity contribution in [2.75, 3.05) is 12.4 Å². The van der Waals surface area contributed by atoms with Crippen LogP contribution < -0.4 is 10.1 Å². The van der Waals surface area contributed by atoms with E-state index in [0.717, 1.165) is 12.8 Å². The van der Waals surface area contributed by atoms with E-state index >= 15 is 0 Å². The normalized spacial score (nSPS) is 11.1. The van der Waals surface area contributed by atoms with Crippen molar-refractivity contribution in [2.24, 2.45) is 0 Å². The van der Waals surface area contributed by atoms with E-state index in [-0.39, 0.29) is 16.1 Å². The zero-order chi connectivity index (χ0) is 13.8. The van der Waals surface area contributed by atoms with Gasteiger partial charge in [0, 0.05) is 17.7 Å². The smallest absolute Gasteiger partial charge is 0.292 e. The van der Waals surface area contributed by atoms with Crippen molar-refractivity contribution < 1.29 is 9.66 Å². The number of methoxy groups -OCH3 is 1. The second-order valence-corrected chi connectivity index (χ2v) is 4.90. The number of hydrogen-bond acceptors (Lipinski definition) is 4. The van der Waals surface area contributed by atoms with Gasteiger partial charge in [-0.05, 0) is 26.3 Å². The van der Waals surface area contributed by atoms with Crippen molar-refractivity contribution in [2.45, 2.75) is 39.2 Å². The summed E-state index contributed by atoms with van der Waals surface area (Å²) in [6, 6.07) is 4.72. The number of hydrogen-bond donors (Lipinski definition) is 1. The van der Waals surface area contributed by atoms with Crippen LogP contribution in [-0.4, -0.2) is 17.6 Å². The molecule has 100 valence electrons. The van der Waals surface area contributed by atoms with Crippen LogP contribution in [0.5, 0.6) is 5.75 Å². The minimum Gasteiger partial charge on any atom is -0.497 e. The lowest BCUT2D eigenvalue weighted by Gasteiger charge is -2.27. The van der Waals surface area contributed by atoms with Crippen LogP contribution in [0.25, 0.3) is 0 Å². The number of rotatable bonds is 6. The summed E-state index contributed by atoms with van der Waals surface area (Å²) in [4.78, 5) is 10.6. The topological polar surface area (TPSA) is 64.4 Å². The van der Waals surface area contributed by atoms with Gasteiger partial charge in [0.25, 0.3) is 5.69 Å². The first-order valence-electron chi connectivity index (χ1n) is 6.00. The molecule has 0 amide bonds. The van der Waals surface area contributed by atoms with Gasteiger partial charge in [-0.3, -0.25) is 10.1 Å². The number of ether oxygens (including phenoxy) is 1. The molecule has 5 nitrogen and oxygen atoms in total. The van der Waals surface area contributed by atoms with Crippen molar-refractivity contribution in [1.82, 2.24) is 0 Å². The molecule has 0 atom stereocenters. The Labute approximate surface area is 107 Å².